The highest BCUT2D eigenvalue weighted by atomic mass is 16.5. The Morgan fingerprint density at radius 2 is 2.21 bits per heavy atom. The Bertz CT molecular complexity index is 409. The number of hydrogen-bond acceptors (Lipinski definition) is 4. The van der Waals surface area contributed by atoms with Gasteiger partial charge in [-0.25, -0.2) is 0 Å². The average Bonchev–Trinajstić information content (AvgIpc) is 2.41. The van der Waals surface area contributed by atoms with E-state index < -0.39 is 0 Å². The van der Waals surface area contributed by atoms with Crippen molar-refractivity contribution >= 4 is 0 Å². The van der Waals surface area contributed by atoms with Gasteiger partial charge in [0, 0.05) is 32.2 Å². The molecule has 1 fully saturated rings. The molecule has 0 aliphatic carbocycles. The van der Waals surface area contributed by atoms with Crippen LogP contribution in [-0.2, 0) is 6.54 Å². The van der Waals surface area contributed by atoms with E-state index >= 15 is 0 Å². The molecule has 1 N–H and O–H groups in total. The molecular formula is C15H24N2O2. The Morgan fingerprint density at radius 3 is 2.89 bits per heavy atom. The predicted octanol–water partition coefficient (Wildman–Crippen LogP) is 1.89. The molecule has 0 radical (unpaired) electrons. The van der Waals surface area contributed by atoms with Crippen molar-refractivity contribution in [1.82, 2.24) is 10.2 Å². The smallest absolute Gasteiger partial charge is 0.161 e. The third-order valence-corrected chi connectivity index (χ3v) is 3.39. The fourth-order valence-electron chi connectivity index (χ4n) is 2.50. The summed E-state index contributed by atoms with van der Waals surface area (Å²) < 4.78 is 10.9. The van der Waals surface area contributed by atoms with E-state index in [1.54, 1.807) is 7.11 Å². The highest BCUT2D eigenvalue weighted by Gasteiger charge is 2.16. The van der Waals surface area contributed by atoms with Gasteiger partial charge in [0.2, 0.25) is 0 Å². The van der Waals surface area contributed by atoms with Crippen LogP contribution in [0.25, 0.3) is 0 Å². The molecule has 0 bridgehead atoms. The Morgan fingerprint density at radius 1 is 1.37 bits per heavy atom. The van der Waals surface area contributed by atoms with Crippen LogP contribution < -0.4 is 14.8 Å². The monoisotopic (exact) mass is 264 g/mol. The molecule has 0 amide bonds. The quantitative estimate of drug-likeness (QED) is 0.880. The number of nitrogens with one attached hydrogen (secondary N) is 1. The van der Waals surface area contributed by atoms with Crippen LogP contribution in [0.5, 0.6) is 11.5 Å². The molecule has 4 nitrogen and oxygen atoms in total. The van der Waals surface area contributed by atoms with E-state index in [-0.39, 0.29) is 0 Å². The van der Waals surface area contributed by atoms with Gasteiger partial charge in [-0.3, -0.25) is 4.90 Å². The third-order valence-electron chi connectivity index (χ3n) is 3.39. The lowest BCUT2D eigenvalue weighted by atomic mass is 10.1. The minimum atomic E-state index is 0.568. The second-order valence-electron chi connectivity index (χ2n) is 5.01. The molecule has 1 heterocycles. The normalized spacial score (nSPS) is 20.3. The van der Waals surface area contributed by atoms with Gasteiger partial charge in [-0.2, -0.15) is 0 Å². The number of methoxy groups -OCH3 is 1. The van der Waals surface area contributed by atoms with Gasteiger partial charge in [0.05, 0.1) is 13.7 Å². The molecule has 2 rings (SSSR count). The first kappa shape index (κ1) is 14.2. The molecule has 0 unspecified atom stereocenters. The molecular weight excluding hydrogens is 240 g/mol. The SMILES string of the molecule is CCOc1ccc(CN2CCN[C@H](C)C2)cc1OC. The highest BCUT2D eigenvalue weighted by Crippen LogP contribution is 2.28. The number of nitrogens with zero attached hydrogens (tertiary/aromatic N) is 1. The molecule has 0 aromatic heterocycles. The van der Waals surface area contributed by atoms with E-state index in [1.165, 1.54) is 5.56 Å². The van der Waals surface area contributed by atoms with E-state index in [4.69, 9.17) is 9.47 Å². The summed E-state index contributed by atoms with van der Waals surface area (Å²) in [6.45, 7) is 9.09. The number of benzene rings is 1. The van der Waals surface area contributed by atoms with Crippen LogP contribution >= 0.6 is 0 Å². The summed E-state index contributed by atoms with van der Waals surface area (Å²) >= 11 is 0. The minimum absolute atomic E-state index is 0.568. The Hall–Kier alpha value is -1.26. The lowest BCUT2D eigenvalue weighted by molar-refractivity contribution is 0.199. The zero-order chi connectivity index (χ0) is 13.7. The summed E-state index contributed by atoms with van der Waals surface area (Å²) in [4.78, 5) is 2.47. The number of piperazine rings is 1. The lowest BCUT2D eigenvalue weighted by Crippen LogP contribution is -2.48. The van der Waals surface area contributed by atoms with Gasteiger partial charge in [-0.15, -0.1) is 0 Å². The molecule has 1 aromatic carbocycles. The third kappa shape index (κ3) is 3.85. The second-order valence-corrected chi connectivity index (χ2v) is 5.01. The van der Waals surface area contributed by atoms with Gasteiger partial charge in [0.15, 0.2) is 11.5 Å². The maximum Gasteiger partial charge on any atom is 0.161 e. The van der Waals surface area contributed by atoms with Crippen molar-refractivity contribution in [2.24, 2.45) is 0 Å². The first-order valence-electron chi connectivity index (χ1n) is 6.98. The minimum Gasteiger partial charge on any atom is -0.493 e. The molecule has 1 saturated heterocycles. The van der Waals surface area contributed by atoms with E-state index in [1.807, 2.05) is 13.0 Å². The summed E-state index contributed by atoms with van der Waals surface area (Å²) in [7, 11) is 1.69. The fourth-order valence-corrected chi connectivity index (χ4v) is 2.50. The van der Waals surface area contributed by atoms with Crippen molar-refractivity contribution in [1.29, 1.82) is 0 Å². The van der Waals surface area contributed by atoms with Crippen molar-refractivity contribution in [3.8, 4) is 11.5 Å². The maximum atomic E-state index is 5.54. The fraction of sp³-hybridized carbons (Fsp3) is 0.600. The summed E-state index contributed by atoms with van der Waals surface area (Å²) in [5.41, 5.74) is 1.27. The molecule has 1 aromatic rings. The molecule has 19 heavy (non-hydrogen) atoms. The highest BCUT2D eigenvalue weighted by molar-refractivity contribution is 5.42. The maximum absolute atomic E-state index is 5.54. The summed E-state index contributed by atoms with van der Waals surface area (Å²) in [5.74, 6) is 1.64. The van der Waals surface area contributed by atoms with Crippen LogP contribution in [0, 0.1) is 0 Å². The average molecular weight is 264 g/mol. The van der Waals surface area contributed by atoms with Crippen LogP contribution in [0.3, 0.4) is 0 Å². The van der Waals surface area contributed by atoms with Crippen LogP contribution in [-0.4, -0.2) is 44.3 Å². The molecule has 4 heteroatoms. The van der Waals surface area contributed by atoms with Crippen LogP contribution in [0.4, 0.5) is 0 Å². The van der Waals surface area contributed by atoms with Gasteiger partial charge in [0.1, 0.15) is 0 Å². The zero-order valence-electron chi connectivity index (χ0n) is 12.1. The molecule has 1 aliphatic rings. The van der Waals surface area contributed by atoms with Crippen molar-refractivity contribution < 1.29 is 9.47 Å². The van der Waals surface area contributed by atoms with Gasteiger partial charge < -0.3 is 14.8 Å². The van der Waals surface area contributed by atoms with Crippen molar-refractivity contribution in [3.05, 3.63) is 23.8 Å². The van der Waals surface area contributed by atoms with Crippen LogP contribution in [0.2, 0.25) is 0 Å². The summed E-state index contributed by atoms with van der Waals surface area (Å²) in [6, 6.07) is 6.78. The van der Waals surface area contributed by atoms with E-state index in [0.29, 0.717) is 12.6 Å². The molecule has 0 saturated carbocycles. The topological polar surface area (TPSA) is 33.7 Å². The van der Waals surface area contributed by atoms with Crippen molar-refractivity contribution in [3.63, 3.8) is 0 Å². The number of ether oxygens (including phenoxy) is 2. The molecule has 1 aliphatic heterocycles. The molecule has 106 valence electrons. The Balaban J connectivity index is 2.04. The zero-order valence-corrected chi connectivity index (χ0v) is 12.1. The largest absolute Gasteiger partial charge is 0.493 e. The van der Waals surface area contributed by atoms with Gasteiger partial charge in [-0.05, 0) is 31.5 Å². The van der Waals surface area contributed by atoms with Gasteiger partial charge in [-0.1, -0.05) is 6.07 Å². The lowest BCUT2D eigenvalue weighted by Gasteiger charge is -2.31. The Labute approximate surface area is 115 Å². The molecule has 1 atom stereocenters. The first-order valence-corrected chi connectivity index (χ1v) is 6.98. The van der Waals surface area contributed by atoms with Gasteiger partial charge >= 0.3 is 0 Å². The van der Waals surface area contributed by atoms with E-state index in [0.717, 1.165) is 37.7 Å². The number of rotatable bonds is 5. The predicted molar refractivity (Wildman–Crippen MR) is 76.9 cm³/mol. The van der Waals surface area contributed by atoms with Gasteiger partial charge in [0.25, 0.3) is 0 Å². The van der Waals surface area contributed by atoms with Crippen LogP contribution in [0.1, 0.15) is 19.4 Å². The first-order chi connectivity index (χ1) is 9.22. The number of hydrogen-bond donors (Lipinski definition) is 1. The molecule has 0 spiro atoms. The summed E-state index contributed by atoms with van der Waals surface area (Å²) in [6.07, 6.45) is 0. The van der Waals surface area contributed by atoms with Crippen molar-refractivity contribution in [2.75, 3.05) is 33.4 Å². The van der Waals surface area contributed by atoms with Crippen LogP contribution in [0.15, 0.2) is 18.2 Å². The van der Waals surface area contributed by atoms with Crippen molar-refractivity contribution in [2.45, 2.75) is 26.4 Å². The second kappa shape index (κ2) is 6.78. The summed E-state index contributed by atoms with van der Waals surface area (Å²) in [5, 5.41) is 3.46. The standard InChI is InChI=1S/C15H24N2O2/c1-4-19-14-6-5-13(9-15(14)18-3)11-17-8-7-16-12(2)10-17/h5-6,9,12,16H,4,7-8,10-11H2,1-3H3/t12-/m1/s1. The Kier molecular flexibility index (Phi) is 5.05. The van der Waals surface area contributed by atoms with E-state index in [2.05, 4.69) is 29.3 Å². The van der Waals surface area contributed by atoms with E-state index in [9.17, 15) is 0 Å².